The average molecular weight is 355 g/mol. The maximum absolute atomic E-state index is 9.43. The molecular formula is C10H5Cl2IO2. The molecule has 5 heteroatoms. The lowest BCUT2D eigenvalue weighted by Gasteiger charge is -2.07. The van der Waals surface area contributed by atoms with Crippen LogP contribution in [-0.4, -0.2) is 5.11 Å². The first kappa shape index (κ1) is 11.1. The Morgan fingerprint density at radius 3 is 2.27 bits per heavy atom. The molecular weight excluding hydrogens is 350 g/mol. The van der Waals surface area contributed by atoms with Crippen LogP contribution in [0.4, 0.5) is 0 Å². The maximum Gasteiger partial charge on any atom is 0.192 e. The summed E-state index contributed by atoms with van der Waals surface area (Å²) < 4.78 is 5.06. The molecule has 0 saturated heterocycles. The van der Waals surface area contributed by atoms with Crippen molar-refractivity contribution in [2.24, 2.45) is 0 Å². The number of hydrogen-bond acceptors (Lipinski definition) is 2. The Bertz CT molecular complexity index is 528. The van der Waals surface area contributed by atoms with Crippen molar-refractivity contribution in [2.45, 2.75) is 0 Å². The standard InChI is InChI=1S/C10H5Cl2IO2/c11-9-5-2-4-8(15-13)10(12)6(5)1-3-7(9)14/h1-4,14H. The van der Waals surface area contributed by atoms with E-state index in [-0.39, 0.29) is 5.75 Å². The lowest BCUT2D eigenvalue weighted by Crippen LogP contribution is -1.81. The van der Waals surface area contributed by atoms with Gasteiger partial charge in [0.05, 0.1) is 10.0 Å². The summed E-state index contributed by atoms with van der Waals surface area (Å²) in [5, 5.41) is 11.7. The van der Waals surface area contributed by atoms with E-state index in [2.05, 4.69) is 0 Å². The molecule has 0 bridgehead atoms. The Morgan fingerprint density at radius 2 is 1.60 bits per heavy atom. The minimum atomic E-state index is 0.0448. The quantitative estimate of drug-likeness (QED) is 0.759. The third kappa shape index (κ3) is 1.84. The largest absolute Gasteiger partial charge is 0.506 e. The van der Waals surface area contributed by atoms with E-state index in [4.69, 9.17) is 26.3 Å². The van der Waals surface area contributed by atoms with Gasteiger partial charge in [-0.1, -0.05) is 23.2 Å². The van der Waals surface area contributed by atoms with E-state index in [0.717, 1.165) is 5.39 Å². The molecule has 0 aliphatic rings. The highest BCUT2D eigenvalue weighted by Gasteiger charge is 2.10. The van der Waals surface area contributed by atoms with Crippen LogP contribution in [0.1, 0.15) is 0 Å². The number of halogens is 3. The molecule has 2 aromatic rings. The van der Waals surface area contributed by atoms with Crippen LogP contribution in [0.25, 0.3) is 10.8 Å². The van der Waals surface area contributed by atoms with E-state index in [9.17, 15) is 5.11 Å². The molecule has 0 aromatic heterocycles. The van der Waals surface area contributed by atoms with Crippen LogP contribution >= 0.6 is 46.2 Å². The van der Waals surface area contributed by atoms with Gasteiger partial charge in [-0.15, -0.1) is 0 Å². The molecule has 2 rings (SSSR count). The lowest BCUT2D eigenvalue weighted by molar-refractivity contribution is 0.476. The predicted octanol–water partition coefficient (Wildman–Crippen LogP) is 4.58. The predicted molar refractivity (Wildman–Crippen MR) is 70.3 cm³/mol. The van der Waals surface area contributed by atoms with Gasteiger partial charge in [-0.05, 0) is 24.3 Å². The van der Waals surface area contributed by atoms with Crippen molar-refractivity contribution in [3.8, 4) is 11.5 Å². The SMILES string of the molecule is Oc1ccc2c(Cl)c(OI)ccc2c1Cl. The summed E-state index contributed by atoms with van der Waals surface area (Å²) in [4.78, 5) is 0. The van der Waals surface area contributed by atoms with Crippen LogP contribution in [0.3, 0.4) is 0 Å². The zero-order chi connectivity index (χ0) is 11.0. The third-order valence-corrected chi connectivity index (χ3v) is 3.36. The summed E-state index contributed by atoms with van der Waals surface area (Å²) in [5.41, 5.74) is 0. The first-order valence-corrected chi connectivity index (χ1v) is 5.67. The zero-order valence-electron chi connectivity index (χ0n) is 7.30. The maximum atomic E-state index is 9.43. The zero-order valence-corrected chi connectivity index (χ0v) is 11.0. The number of hydrogen-bond donors (Lipinski definition) is 1. The number of fused-ring (bicyclic) bond motifs is 1. The Kier molecular flexibility index (Phi) is 3.13. The summed E-state index contributed by atoms with van der Waals surface area (Å²) in [6, 6.07) is 6.69. The number of rotatable bonds is 1. The molecule has 0 atom stereocenters. The van der Waals surface area contributed by atoms with Gasteiger partial charge in [-0.2, -0.15) is 0 Å². The molecule has 2 nitrogen and oxygen atoms in total. The molecule has 1 N–H and O–H groups in total. The van der Waals surface area contributed by atoms with E-state index >= 15 is 0 Å². The number of aromatic hydroxyl groups is 1. The smallest absolute Gasteiger partial charge is 0.192 e. The van der Waals surface area contributed by atoms with Crippen LogP contribution in [0.15, 0.2) is 24.3 Å². The van der Waals surface area contributed by atoms with E-state index in [0.29, 0.717) is 21.2 Å². The number of benzene rings is 2. The second-order valence-electron chi connectivity index (χ2n) is 2.95. The Morgan fingerprint density at radius 1 is 1.00 bits per heavy atom. The minimum absolute atomic E-state index is 0.0448. The van der Waals surface area contributed by atoms with E-state index in [1.807, 2.05) is 0 Å². The molecule has 0 radical (unpaired) electrons. The van der Waals surface area contributed by atoms with Gasteiger partial charge in [0.1, 0.15) is 5.75 Å². The monoisotopic (exact) mass is 354 g/mol. The molecule has 0 unspecified atom stereocenters. The fourth-order valence-electron chi connectivity index (χ4n) is 1.36. The van der Waals surface area contributed by atoms with Gasteiger partial charge in [0.25, 0.3) is 0 Å². The van der Waals surface area contributed by atoms with Crippen molar-refractivity contribution in [2.75, 3.05) is 0 Å². The van der Waals surface area contributed by atoms with Crippen LogP contribution in [0.2, 0.25) is 10.0 Å². The molecule has 0 spiro atoms. The van der Waals surface area contributed by atoms with Crippen LogP contribution in [0, 0.1) is 0 Å². The topological polar surface area (TPSA) is 29.5 Å². The van der Waals surface area contributed by atoms with Gasteiger partial charge in [0, 0.05) is 10.8 Å². The highest BCUT2D eigenvalue weighted by Crippen LogP contribution is 2.39. The second-order valence-corrected chi connectivity index (χ2v) is 4.14. The lowest BCUT2D eigenvalue weighted by atomic mass is 10.1. The first-order chi connectivity index (χ1) is 7.15. The van der Waals surface area contributed by atoms with Crippen LogP contribution in [0.5, 0.6) is 11.5 Å². The fraction of sp³-hybridized carbons (Fsp3) is 0. The van der Waals surface area contributed by atoms with Crippen molar-refractivity contribution < 1.29 is 8.17 Å². The molecule has 0 fully saturated rings. The number of phenols is 1. The van der Waals surface area contributed by atoms with Crippen molar-refractivity contribution in [3.05, 3.63) is 34.3 Å². The fourth-order valence-corrected chi connectivity index (χ4v) is 2.35. The van der Waals surface area contributed by atoms with Gasteiger partial charge < -0.3 is 8.17 Å². The first-order valence-electron chi connectivity index (χ1n) is 4.03. The summed E-state index contributed by atoms with van der Waals surface area (Å²) in [5.74, 6) is 0.620. The van der Waals surface area contributed by atoms with Gasteiger partial charge in [0.15, 0.2) is 28.8 Å². The molecule has 0 saturated carbocycles. The average Bonchev–Trinajstić information content (AvgIpc) is 2.24. The van der Waals surface area contributed by atoms with E-state index in [1.54, 1.807) is 41.2 Å². The summed E-state index contributed by atoms with van der Waals surface area (Å²) in [6.07, 6.45) is 0. The van der Waals surface area contributed by atoms with Crippen molar-refractivity contribution in [3.63, 3.8) is 0 Å². The third-order valence-electron chi connectivity index (χ3n) is 2.10. The molecule has 78 valence electrons. The van der Waals surface area contributed by atoms with Crippen molar-refractivity contribution in [1.29, 1.82) is 0 Å². The minimum Gasteiger partial charge on any atom is -0.506 e. The molecule has 0 heterocycles. The molecule has 15 heavy (non-hydrogen) atoms. The van der Waals surface area contributed by atoms with E-state index in [1.165, 1.54) is 6.07 Å². The van der Waals surface area contributed by atoms with Crippen LogP contribution in [-0.2, 0) is 0 Å². The summed E-state index contributed by atoms with van der Waals surface area (Å²) in [7, 11) is 0. The van der Waals surface area contributed by atoms with E-state index < -0.39 is 0 Å². The Labute approximate surface area is 110 Å². The molecule has 0 amide bonds. The number of phenolic OH excluding ortho intramolecular Hbond substituents is 1. The van der Waals surface area contributed by atoms with Crippen molar-refractivity contribution >= 4 is 57.0 Å². The second kappa shape index (κ2) is 4.23. The Balaban J connectivity index is 2.85. The molecule has 0 aliphatic carbocycles. The molecule has 0 aliphatic heterocycles. The van der Waals surface area contributed by atoms with Gasteiger partial charge in [-0.3, -0.25) is 0 Å². The van der Waals surface area contributed by atoms with Gasteiger partial charge in [-0.25, -0.2) is 0 Å². The van der Waals surface area contributed by atoms with Gasteiger partial charge >= 0.3 is 0 Å². The summed E-state index contributed by atoms with van der Waals surface area (Å²) >= 11 is 13.8. The van der Waals surface area contributed by atoms with Crippen LogP contribution < -0.4 is 3.07 Å². The van der Waals surface area contributed by atoms with Crippen molar-refractivity contribution in [1.82, 2.24) is 0 Å². The molecule has 2 aromatic carbocycles. The highest BCUT2D eigenvalue weighted by molar-refractivity contribution is 14.1. The summed E-state index contributed by atoms with van der Waals surface area (Å²) in [6.45, 7) is 0. The normalized spacial score (nSPS) is 10.6. The Hall–Kier alpha value is -0.390. The highest BCUT2D eigenvalue weighted by atomic mass is 127. The van der Waals surface area contributed by atoms with Gasteiger partial charge in [0.2, 0.25) is 0 Å².